The Bertz CT molecular complexity index is 618. The number of aromatic nitrogens is 1. The van der Waals surface area contributed by atoms with E-state index in [0.29, 0.717) is 12.1 Å². The van der Waals surface area contributed by atoms with E-state index in [2.05, 4.69) is 5.32 Å². The number of hydrogen-bond acceptors (Lipinski definition) is 2. The lowest BCUT2D eigenvalue weighted by Crippen LogP contribution is -2.32. The molecule has 0 radical (unpaired) electrons. The number of benzene rings is 1. The van der Waals surface area contributed by atoms with Crippen LogP contribution in [0.3, 0.4) is 0 Å². The van der Waals surface area contributed by atoms with Gasteiger partial charge in [0.25, 0.3) is 5.56 Å². The lowest BCUT2D eigenvalue weighted by molar-refractivity contribution is -0.121. The molecule has 0 bridgehead atoms. The van der Waals surface area contributed by atoms with Crippen molar-refractivity contribution in [2.45, 2.75) is 20.0 Å². The summed E-state index contributed by atoms with van der Waals surface area (Å²) in [7, 11) is 0. The van der Waals surface area contributed by atoms with Crippen molar-refractivity contribution in [2.75, 3.05) is 0 Å². The molecule has 0 fully saturated rings. The highest BCUT2D eigenvalue weighted by molar-refractivity contribution is 5.75. The van der Waals surface area contributed by atoms with E-state index in [1.165, 1.54) is 4.57 Å². The highest BCUT2D eigenvalue weighted by atomic mass is 16.2. The summed E-state index contributed by atoms with van der Waals surface area (Å²) in [6.45, 7) is 2.26. The molecule has 0 saturated carbocycles. The van der Waals surface area contributed by atoms with Gasteiger partial charge in [0.1, 0.15) is 6.54 Å². The van der Waals surface area contributed by atoms with Crippen molar-refractivity contribution in [2.24, 2.45) is 0 Å². The number of hydrogen-bond donors (Lipinski definition) is 1. The molecule has 1 heterocycles. The number of carbonyl (C=O) groups is 1. The van der Waals surface area contributed by atoms with Gasteiger partial charge in [-0.25, -0.2) is 0 Å². The normalized spacial score (nSPS) is 10.2. The average molecular weight is 256 g/mol. The summed E-state index contributed by atoms with van der Waals surface area (Å²) in [6, 6.07) is 13.2. The largest absolute Gasteiger partial charge is 0.350 e. The third kappa shape index (κ3) is 3.55. The Labute approximate surface area is 111 Å². The molecule has 0 spiro atoms. The average Bonchev–Trinajstić information content (AvgIpc) is 2.43. The van der Waals surface area contributed by atoms with E-state index in [1.807, 2.05) is 30.3 Å². The molecule has 19 heavy (non-hydrogen) atoms. The molecule has 0 aliphatic rings. The number of aryl methyl sites for hydroxylation is 1. The van der Waals surface area contributed by atoms with Crippen LogP contribution in [0, 0.1) is 6.92 Å². The monoisotopic (exact) mass is 256 g/mol. The number of nitrogens with one attached hydrogen (secondary N) is 1. The van der Waals surface area contributed by atoms with Gasteiger partial charge in [-0.1, -0.05) is 36.4 Å². The fraction of sp³-hybridized carbons (Fsp3) is 0.200. The highest BCUT2D eigenvalue weighted by Crippen LogP contribution is 1.97. The first-order valence-electron chi connectivity index (χ1n) is 6.13. The number of nitrogens with zero attached hydrogens (tertiary/aromatic N) is 1. The first-order valence-corrected chi connectivity index (χ1v) is 6.13. The van der Waals surface area contributed by atoms with E-state index in [9.17, 15) is 9.59 Å². The molecule has 98 valence electrons. The van der Waals surface area contributed by atoms with Gasteiger partial charge in [0.05, 0.1) is 0 Å². The lowest BCUT2D eigenvalue weighted by atomic mass is 10.2. The molecule has 1 aromatic carbocycles. The van der Waals surface area contributed by atoms with Crippen LogP contribution in [-0.2, 0) is 17.9 Å². The van der Waals surface area contributed by atoms with Crippen LogP contribution in [0.15, 0.2) is 53.5 Å². The second kappa shape index (κ2) is 6.00. The van der Waals surface area contributed by atoms with Gasteiger partial charge in [-0.2, -0.15) is 0 Å². The standard InChI is InChI=1S/C15H16N2O2/c1-12-6-5-9-17(15(12)19)11-14(18)16-10-13-7-3-2-4-8-13/h2-9H,10-11H2,1H3,(H,16,18). The summed E-state index contributed by atoms with van der Waals surface area (Å²) >= 11 is 0. The second-order valence-electron chi connectivity index (χ2n) is 4.39. The zero-order valence-electron chi connectivity index (χ0n) is 10.8. The van der Waals surface area contributed by atoms with E-state index in [0.717, 1.165) is 5.56 Å². The summed E-state index contributed by atoms with van der Waals surface area (Å²) < 4.78 is 1.41. The molecule has 0 saturated heterocycles. The lowest BCUT2D eigenvalue weighted by Gasteiger charge is -2.08. The summed E-state index contributed by atoms with van der Waals surface area (Å²) in [5.41, 5.74) is 1.54. The summed E-state index contributed by atoms with van der Waals surface area (Å²) in [5.74, 6) is -0.170. The van der Waals surface area contributed by atoms with Crippen LogP contribution in [0.5, 0.6) is 0 Å². The highest BCUT2D eigenvalue weighted by Gasteiger charge is 2.05. The minimum Gasteiger partial charge on any atom is -0.350 e. The topological polar surface area (TPSA) is 51.1 Å². The molecule has 0 unspecified atom stereocenters. The van der Waals surface area contributed by atoms with Gasteiger partial charge in [0, 0.05) is 18.3 Å². The van der Waals surface area contributed by atoms with Crippen molar-refractivity contribution in [1.82, 2.24) is 9.88 Å². The van der Waals surface area contributed by atoms with Crippen LogP contribution in [0.25, 0.3) is 0 Å². The predicted octanol–water partition coefficient (Wildman–Crippen LogP) is 1.47. The fourth-order valence-corrected chi connectivity index (χ4v) is 1.79. The molecule has 2 rings (SSSR count). The van der Waals surface area contributed by atoms with Crippen molar-refractivity contribution in [3.05, 3.63) is 70.1 Å². The zero-order chi connectivity index (χ0) is 13.7. The molecule has 0 atom stereocenters. The molecule has 4 heteroatoms. The molecule has 1 amide bonds. The van der Waals surface area contributed by atoms with Gasteiger partial charge in [-0.15, -0.1) is 0 Å². The fourth-order valence-electron chi connectivity index (χ4n) is 1.79. The Morgan fingerprint density at radius 2 is 1.89 bits per heavy atom. The summed E-state index contributed by atoms with van der Waals surface area (Å²) in [5, 5.41) is 2.80. The Kier molecular flexibility index (Phi) is 4.13. The van der Waals surface area contributed by atoms with Crippen LogP contribution in [0.1, 0.15) is 11.1 Å². The van der Waals surface area contributed by atoms with Gasteiger partial charge in [0.15, 0.2) is 0 Å². The van der Waals surface area contributed by atoms with Crippen molar-refractivity contribution in [3.8, 4) is 0 Å². The number of pyridine rings is 1. The SMILES string of the molecule is Cc1cccn(CC(=O)NCc2ccccc2)c1=O. The van der Waals surface area contributed by atoms with E-state index >= 15 is 0 Å². The van der Waals surface area contributed by atoms with Gasteiger partial charge in [-0.05, 0) is 18.6 Å². The maximum absolute atomic E-state index is 11.8. The van der Waals surface area contributed by atoms with Crippen molar-refractivity contribution in [3.63, 3.8) is 0 Å². The quantitative estimate of drug-likeness (QED) is 0.900. The smallest absolute Gasteiger partial charge is 0.253 e. The molecular formula is C15H16N2O2. The zero-order valence-corrected chi connectivity index (χ0v) is 10.8. The van der Waals surface area contributed by atoms with E-state index in [1.54, 1.807) is 25.3 Å². The first-order chi connectivity index (χ1) is 9.16. The van der Waals surface area contributed by atoms with Crippen LogP contribution in [-0.4, -0.2) is 10.5 Å². The van der Waals surface area contributed by atoms with Gasteiger partial charge in [-0.3, -0.25) is 9.59 Å². The van der Waals surface area contributed by atoms with Crippen LogP contribution in [0.2, 0.25) is 0 Å². The van der Waals surface area contributed by atoms with Crippen LogP contribution in [0.4, 0.5) is 0 Å². The van der Waals surface area contributed by atoms with Gasteiger partial charge < -0.3 is 9.88 Å². The third-order valence-corrected chi connectivity index (χ3v) is 2.86. The van der Waals surface area contributed by atoms with Crippen molar-refractivity contribution < 1.29 is 4.79 Å². The van der Waals surface area contributed by atoms with E-state index in [-0.39, 0.29) is 18.0 Å². The first kappa shape index (κ1) is 13.1. The maximum atomic E-state index is 11.8. The maximum Gasteiger partial charge on any atom is 0.253 e. The molecule has 0 aliphatic carbocycles. The minimum atomic E-state index is -0.170. The van der Waals surface area contributed by atoms with Crippen LogP contribution >= 0.6 is 0 Å². The Balaban J connectivity index is 1.95. The molecule has 4 nitrogen and oxygen atoms in total. The molecular weight excluding hydrogens is 240 g/mol. The number of rotatable bonds is 4. The summed E-state index contributed by atoms with van der Waals surface area (Å²) in [6.07, 6.45) is 1.62. The van der Waals surface area contributed by atoms with Gasteiger partial charge >= 0.3 is 0 Å². The number of amides is 1. The molecule has 1 N–H and O–H groups in total. The number of carbonyl (C=O) groups excluding carboxylic acids is 1. The second-order valence-corrected chi connectivity index (χ2v) is 4.39. The van der Waals surface area contributed by atoms with Gasteiger partial charge in [0.2, 0.25) is 5.91 Å². The predicted molar refractivity (Wildman–Crippen MR) is 73.7 cm³/mol. The Morgan fingerprint density at radius 3 is 2.63 bits per heavy atom. The van der Waals surface area contributed by atoms with Crippen LogP contribution < -0.4 is 10.9 Å². The molecule has 0 aliphatic heterocycles. The van der Waals surface area contributed by atoms with Crippen molar-refractivity contribution >= 4 is 5.91 Å². The van der Waals surface area contributed by atoms with Crippen molar-refractivity contribution in [1.29, 1.82) is 0 Å². The van der Waals surface area contributed by atoms with E-state index in [4.69, 9.17) is 0 Å². The molecule has 2 aromatic rings. The molecule has 1 aromatic heterocycles. The minimum absolute atomic E-state index is 0.0490. The Morgan fingerprint density at radius 1 is 1.16 bits per heavy atom. The van der Waals surface area contributed by atoms with E-state index < -0.39 is 0 Å². The summed E-state index contributed by atoms with van der Waals surface area (Å²) in [4.78, 5) is 23.5. The third-order valence-electron chi connectivity index (χ3n) is 2.86. The Hall–Kier alpha value is -2.36.